The molecule has 0 aromatic heterocycles. The van der Waals surface area contributed by atoms with Gasteiger partial charge in [0.05, 0.1) is 4.90 Å². The lowest BCUT2D eigenvalue weighted by atomic mass is 10.2. The Morgan fingerprint density at radius 3 is 2.85 bits per heavy atom. The largest absolute Gasteiger partial charge is 0.308 e. The van der Waals surface area contributed by atoms with Crippen molar-refractivity contribution in [2.45, 2.75) is 23.9 Å². The highest BCUT2D eigenvalue weighted by molar-refractivity contribution is 7.89. The Balaban J connectivity index is 2.41. The first-order valence-electron chi connectivity index (χ1n) is 6.09. The first-order valence-corrected chi connectivity index (χ1v) is 8.01. The number of halogens is 2. The monoisotopic (exact) mass is 320 g/mol. The minimum absolute atomic E-state index is 0.0442. The maximum atomic E-state index is 12.9. The van der Waals surface area contributed by atoms with Crippen LogP contribution in [-0.2, 0) is 21.2 Å². The van der Waals surface area contributed by atoms with Gasteiger partial charge in [-0.05, 0) is 24.1 Å². The predicted molar refractivity (Wildman–Crippen MR) is 74.1 cm³/mol. The number of nitrogens with one attached hydrogen (secondary N) is 1. The van der Waals surface area contributed by atoms with E-state index in [1.54, 1.807) is 13.0 Å². The van der Waals surface area contributed by atoms with Crippen molar-refractivity contribution in [1.29, 1.82) is 0 Å². The molecule has 5 nitrogen and oxygen atoms in total. The number of fused-ring (bicyclic) bond motifs is 1. The Hall–Kier alpha value is -1.18. The highest BCUT2D eigenvalue weighted by atomic mass is 35.5. The Morgan fingerprint density at radius 1 is 1.55 bits per heavy atom. The Labute approximate surface area is 121 Å². The second-order valence-electron chi connectivity index (χ2n) is 4.33. The van der Waals surface area contributed by atoms with E-state index in [0.717, 1.165) is 5.56 Å². The number of hydrogen-bond acceptors (Lipinski definition) is 3. The van der Waals surface area contributed by atoms with Gasteiger partial charge in [0.25, 0.3) is 11.5 Å². The summed E-state index contributed by atoms with van der Waals surface area (Å²) in [6, 6.07) is 4.48. The number of nitrogens with zero attached hydrogens (tertiary/aromatic N) is 1. The van der Waals surface area contributed by atoms with Crippen molar-refractivity contribution >= 4 is 33.2 Å². The van der Waals surface area contributed by atoms with E-state index in [4.69, 9.17) is 11.6 Å². The Kier molecular flexibility index (Phi) is 4.31. The van der Waals surface area contributed by atoms with Gasteiger partial charge in [0.2, 0.25) is 10.0 Å². The minimum atomic E-state index is -3.62. The molecular formula is C12H14ClFN2O3S. The molecule has 0 aliphatic carbocycles. The number of amides is 1. The molecule has 1 heterocycles. The van der Waals surface area contributed by atoms with Gasteiger partial charge in [-0.3, -0.25) is 4.79 Å². The predicted octanol–water partition coefficient (Wildman–Crippen LogP) is 1.41. The molecule has 2 rings (SSSR count). The second-order valence-corrected chi connectivity index (χ2v) is 6.48. The fourth-order valence-corrected chi connectivity index (χ4v) is 3.32. The zero-order valence-electron chi connectivity index (χ0n) is 10.8. The van der Waals surface area contributed by atoms with E-state index in [1.165, 1.54) is 17.0 Å². The van der Waals surface area contributed by atoms with Crippen molar-refractivity contribution < 1.29 is 17.6 Å². The van der Waals surface area contributed by atoms with Gasteiger partial charge in [-0.15, -0.1) is 0 Å². The first-order chi connectivity index (χ1) is 9.36. The molecule has 1 N–H and O–H groups in total. The molecular weight excluding hydrogens is 307 g/mol. The van der Waals surface area contributed by atoms with Crippen LogP contribution in [0.15, 0.2) is 23.1 Å². The fraction of sp³-hybridized carbons (Fsp3) is 0.417. The van der Waals surface area contributed by atoms with E-state index in [2.05, 4.69) is 4.72 Å². The van der Waals surface area contributed by atoms with Gasteiger partial charge in [0.15, 0.2) is 0 Å². The topological polar surface area (TPSA) is 66.5 Å². The molecule has 1 aromatic carbocycles. The molecule has 110 valence electrons. The van der Waals surface area contributed by atoms with E-state index in [1.807, 2.05) is 0 Å². The van der Waals surface area contributed by atoms with E-state index in [0.29, 0.717) is 18.7 Å². The number of benzene rings is 1. The summed E-state index contributed by atoms with van der Waals surface area (Å²) in [7, 11) is -3.62. The van der Waals surface area contributed by atoms with Gasteiger partial charge in [-0.1, -0.05) is 24.6 Å². The van der Waals surface area contributed by atoms with E-state index in [9.17, 15) is 17.6 Å². The summed E-state index contributed by atoms with van der Waals surface area (Å²) >= 11 is 5.17. The Morgan fingerprint density at radius 2 is 2.25 bits per heavy atom. The molecule has 0 saturated heterocycles. The average molecular weight is 321 g/mol. The smallest absolute Gasteiger partial charge is 0.277 e. The van der Waals surface area contributed by atoms with Crippen molar-refractivity contribution in [1.82, 2.24) is 4.72 Å². The molecule has 0 bridgehead atoms. The van der Waals surface area contributed by atoms with Crippen LogP contribution in [-0.4, -0.2) is 33.0 Å². The number of rotatable bonds is 4. The van der Waals surface area contributed by atoms with Gasteiger partial charge in [-0.25, -0.2) is 17.5 Å². The lowest BCUT2D eigenvalue weighted by molar-refractivity contribution is -0.120. The quantitative estimate of drug-likeness (QED) is 0.853. The summed E-state index contributed by atoms with van der Waals surface area (Å²) in [4.78, 5) is 12.9. The normalized spacial score (nSPS) is 16.1. The van der Waals surface area contributed by atoms with Gasteiger partial charge < -0.3 is 4.90 Å². The van der Waals surface area contributed by atoms with Crippen LogP contribution < -0.4 is 9.62 Å². The maximum absolute atomic E-state index is 12.9. The lowest BCUT2D eigenvalue weighted by Crippen LogP contribution is -2.33. The van der Waals surface area contributed by atoms with Crippen molar-refractivity contribution in [3.63, 3.8) is 0 Å². The molecule has 20 heavy (non-hydrogen) atoms. The lowest BCUT2D eigenvalue weighted by Gasteiger charge is -2.18. The number of anilines is 1. The Bertz CT molecular complexity index is 634. The van der Waals surface area contributed by atoms with Crippen molar-refractivity contribution in [2.24, 2.45) is 0 Å². The highest BCUT2D eigenvalue weighted by Gasteiger charge is 2.30. The molecule has 1 aromatic rings. The summed E-state index contributed by atoms with van der Waals surface area (Å²) in [5.74, 6) is -0.872. The van der Waals surface area contributed by atoms with Crippen molar-refractivity contribution in [3.05, 3.63) is 23.8 Å². The highest BCUT2D eigenvalue weighted by Crippen LogP contribution is 2.31. The van der Waals surface area contributed by atoms with E-state index < -0.39 is 21.6 Å². The maximum Gasteiger partial charge on any atom is 0.277 e. The fourth-order valence-electron chi connectivity index (χ4n) is 2.15. The van der Waals surface area contributed by atoms with Crippen molar-refractivity contribution in [2.75, 3.05) is 18.0 Å². The summed E-state index contributed by atoms with van der Waals surface area (Å²) in [5, 5.41) is 0. The number of alkyl halides is 2. The zero-order chi connectivity index (χ0) is 14.9. The molecule has 1 unspecified atom stereocenters. The second kappa shape index (κ2) is 5.67. The molecule has 0 radical (unpaired) electrons. The molecule has 8 heteroatoms. The molecule has 1 amide bonds. The van der Waals surface area contributed by atoms with E-state index in [-0.39, 0.29) is 11.4 Å². The van der Waals surface area contributed by atoms with Gasteiger partial charge in [0, 0.05) is 18.8 Å². The van der Waals surface area contributed by atoms with Crippen LogP contribution in [0.4, 0.5) is 10.1 Å². The van der Waals surface area contributed by atoms with Crippen LogP contribution in [0.25, 0.3) is 0 Å². The van der Waals surface area contributed by atoms with Crippen LogP contribution in [0, 0.1) is 0 Å². The van der Waals surface area contributed by atoms with Crippen LogP contribution in [0.3, 0.4) is 0 Å². The standard InChI is InChI=1S/C12H14ClFN2O3S/c1-2-15-20(18,19)9-4-3-8-5-6-16(10(8)7-9)12(17)11(13)14/h3-4,7,11,15H,2,5-6H2,1H3. The van der Waals surface area contributed by atoms with Crippen LogP contribution >= 0.6 is 11.6 Å². The zero-order valence-corrected chi connectivity index (χ0v) is 12.3. The first kappa shape index (κ1) is 15.2. The number of carbonyl (C=O) groups is 1. The molecule has 0 spiro atoms. The molecule has 0 fully saturated rings. The van der Waals surface area contributed by atoms with Crippen LogP contribution in [0.1, 0.15) is 12.5 Å². The minimum Gasteiger partial charge on any atom is -0.308 e. The molecule has 1 atom stereocenters. The number of carbonyl (C=O) groups excluding carboxylic acids is 1. The molecule has 1 aliphatic rings. The molecule has 0 saturated carbocycles. The van der Waals surface area contributed by atoms with Crippen molar-refractivity contribution in [3.8, 4) is 0 Å². The van der Waals surface area contributed by atoms with Crippen LogP contribution in [0.5, 0.6) is 0 Å². The summed E-state index contributed by atoms with van der Waals surface area (Å²) in [5.41, 5.74) is -0.932. The third kappa shape index (κ3) is 2.79. The number of hydrogen-bond donors (Lipinski definition) is 1. The van der Waals surface area contributed by atoms with Gasteiger partial charge >= 0.3 is 0 Å². The average Bonchev–Trinajstić information content (AvgIpc) is 2.80. The van der Waals surface area contributed by atoms with E-state index >= 15 is 0 Å². The SMILES string of the molecule is CCNS(=O)(=O)c1ccc2c(c1)N(C(=O)C(F)Cl)CC2. The summed E-state index contributed by atoms with van der Waals surface area (Å²) < 4.78 is 39.2. The van der Waals surface area contributed by atoms with Crippen LogP contribution in [0.2, 0.25) is 0 Å². The van der Waals surface area contributed by atoms with Gasteiger partial charge in [-0.2, -0.15) is 0 Å². The molecule has 1 aliphatic heterocycles. The van der Waals surface area contributed by atoms with Gasteiger partial charge in [0.1, 0.15) is 0 Å². The third-order valence-electron chi connectivity index (χ3n) is 3.05. The summed E-state index contributed by atoms with van der Waals surface area (Å²) in [6.45, 7) is 2.23. The summed E-state index contributed by atoms with van der Waals surface area (Å²) in [6.07, 6.45) is 0.548. The number of sulfonamides is 1. The third-order valence-corrected chi connectivity index (χ3v) is 4.78.